The van der Waals surface area contributed by atoms with Crippen molar-refractivity contribution in [2.75, 3.05) is 33.2 Å². The van der Waals surface area contributed by atoms with Gasteiger partial charge < -0.3 is 4.90 Å². The lowest BCUT2D eigenvalue weighted by Crippen LogP contribution is -2.44. The molecule has 1 saturated carbocycles. The molecule has 1 aliphatic heterocycles. The zero-order valence-corrected chi connectivity index (χ0v) is 28.1. The number of piperidine rings is 1. The first-order valence-electron chi connectivity index (χ1n) is 16.9. The van der Waals surface area contributed by atoms with Crippen molar-refractivity contribution >= 4 is 17.1 Å². The molecule has 0 unspecified atom stereocenters. The number of aryl methyl sites for hydroxylation is 2. The van der Waals surface area contributed by atoms with Crippen LogP contribution >= 0.6 is 0 Å². The third kappa shape index (κ3) is 9.33. The van der Waals surface area contributed by atoms with Gasteiger partial charge in [-0.05, 0) is 116 Å². The third-order valence-electron chi connectivity index (χ3n) is 9.36. The van der Waals surface area contributed by atoms with Gasteiger partial charge in [0.25, 0.3) is 0 Å². The molecule has 2 aliphatic rings. The second kappa shape index (κ2) is 15.1. The van der Waals surface area contributed by atoms with Crippen molar-refractivity contribution in [3.05, 3.63) is 95.3 Å². The highest BCUT2D eigenvalue weighted by molar-refractivity contribution is 5.86. The van der Waals surface area contributed by atoms with Crippen LogP contribution < -0.4 is 0 Å². The van der Waals surface area contributed by atoms with Gasteiger partial charge in [0.2, 0.25) is 0 Å². The molecule has 2 aromatic carbocycles. The van der Waals surface area contributed by atoms with E-state index in [9.17, 15) is 4.39 Å². The van der Waals surface area contributed by atoms with E-state index in [0.717, 1.165) is 74.4 Å². The van der Waals surface area contributed by atoms with Gasteiger partial charge in [0.1, 0.15) is 17.5 Å². The molecule has 1 saturated heterocycles. The molecule has 0 atom stereocenters. The lowest BCUT2D eigenvalue weighted by Gasteiger charge is -2.36. The Morgan fingerprint density at radius 3 is 2.43 bits per heavy atom. The second-order valence-corrected chi connectivity index (χ2v) is 14.5. The maximum atomic E-state index is 14.4. The monoisotopic (exact) mass is 620 g/mol. The largest absolute Gasteiger partial charge is 0.362 e. The van der Waals surface area contributed by atoms with Crippen LogP contribution in [0.5, 0.6) is 0 Å². The first-order chi connectivity index (χ1) is 22.1. The number of amidine groups is 1. The van der Waals surface area contributed by atoms with Crippen LogP contribution in [0.1, 0.15) is 93.4 Å². The van der Waals surface area contributed by atoms with Crippen molar-refractivity contribution < 1.29 is 4.39 Å². The minimum atomic E-state index is -0.332. The lowest BCUT2D eigenvalue weighted by atomic mass is 9.85. The topological polar surface area (TPSA) is 68.4 Å². The van der Waals surface area contributed by atoms with Gasteiger partial charge in [-0.3, -0.25) is 4.90 Å². The van der Waals surface area contributed by atoms with Gasteiger partial charge in [-0.2, -0.15) is 5.26 Å². The summed E-state index contributed by atoms with van der Waals surface area (Å²) in [7, 11) is 2.20. The average Bonchev–Trinajstić information content (AvgIpc) is 3.01. The van der Waals surface area contributed by atoms with E-state index in [2.05, 4.69) is 73.4 Å². The number of aromatic nitrogens is 2. The number of halogens is 1. The Morgan fingerprint density at radius 1 is 1.07 bits per heavy atom. The Labute approximate surface area is 275 Å². The summed E-state index contributed by atoms with van der Waals surface area (Å²) in [6.07, 6.45) is 9.94. The van der Waals surface area contributed by atoms with E-state index in [1.54, 1.807) is 12.1 Å². The van der Waals surface area contributed by atoms with E-state index in [-0.39, 0.29) is 11.2 Å². The van der Waals surface area contributed by atoms with Gasteiger partial charge in [0.15, 0.2) is 0 Å². The maximum Gasteiger partial charge on any atom is 0.131 e. The quantitative estimate of drug-likeness (QED) is 0.159. The molecule has 2 heterocycles. The Morgan fingerprint density at radius 2 is 1.80 bits per heavy atom. The van der Waals surface area contributed by atoms with E-state index in [0.29, 0.717) is 29.9 Å². The summed E-state index contributed by atoms with van der Waals surface area (Å²) in [5.41, 5.74) is 5.43. The first kappa shape index (κ1) is 33.5. The first-order valence-corrected chi connectivity index (χ1v) is 16.9. The predicted octanol–water partition coefficient (Wildman–Crippen LogP) is 8.36. The predicted molar refractivity (Wildman–Crippen MR) is 186 cm³/mol. The van der Waals surface area contributed by atoms with Gasteiger partial charge in [-0.1, -0.05) is 52.0 Å². The molecule has 3 aromatic rings. The van der Waals surface area contributed by atoms with Gasteiger partial charge in [0, 0.05) is 31.4 Å². The molecule has 242 valence electrons. The number of allylic oxidation sites excluding steroid dienone is 1. The van der Waals surface area contributed by atoms with E-state index in [1.807, 2.05) is 18.3 Å². The van der Waals surface area contributed by atoms with E-state index < -0.39 is 0 Å². The number of rotatable bonds is 11. The molecule has 0 radical (unpaired) electrons. The number of likely N-dealkylation sites (N-methyl/N-ethyl adjacent to an activating group) is 1. The van der Waals surface area contributed by atoms with Crippen LogP contribution in [0.25, 0.3) is 5.57 Å². The molecule has 0 amide bonds. The summed E-state index contributed by atoms with van der Waals surface area (Å²) < 4.78 is 14.4. The molecular weight excluding hydrogens is 571 g/mol. The molecule has 0 N–H and O–H groups in total. The minimum Gasteiger partial charge on any atom is -0.362 e. The molecule has 1 aliphatic carbocycles. The molecule has 7 heteroatoms. The second-order valence-electron chi connectivity index (χ2n) is 14.5. The maximum absolute atomic E-state index is 14.4. The smallest absolute Gasteiger partial charge is 0.131 e. The van der Waals surface area contributed by atoms with Crippen LogP contribution in [0, 0.1) is 28.5 Å². The molecule has 0 spiro atoms. The summed E-state index contributed by atoms with van der Waals surface area (Å²) >= 11 is 0. The van der Waals surface area contributed by atoms with Gasteiger partial charge >= 0.3 is 0 Å². The van der Waals surface area contributed by atoms with Gasteiger partial charge in [-0.25, -0.2) is 19.4 Å². The molecular formula is C39H49FN6. The SMILES string of the molecule is C=C(CC(C)(C)C)c1ccc(N=C(CN2CCC(c3nccc(CCc4ccc(C#N)cc4F)n3)CC2)N(C)CC2CCC2)cc1. The van der Waals surface area contributed by atoms with E-state index >= 15 is 0 Å². The van der Waals surface area contributed by atoms with Crippen molar-refractivity contribution in [2.45, 2.75) is 78.1 Å². The van der Waals surface area contributed by atoms with E-state index in [4.69, 9.17) is 15.2 Å². The molecule has 2 fully saturated rings. The number of hydrogen-bond donors (Lipinski definition) is 0. The third-order valence-corrected chi connectivity index (χ3v) is 9.36. The van der Waals surface area contributed by atoms with Crippen molar-refractivity contribution in [3.8, 4) is 6.07 Å². The number of nitriles is 1. The van der Waals surface area contributed by atoms with Crippen LogP contribution in [-0.4, -0.2) is 58.8 Å². The highest BCUT2D eigenvalue weighted by Gasteiger charge is 2.26. The van der Waals surface area contributed by atoms with Crippen LogP contribution in [0.3, 0.4) is 0 Å². The Balaban J connectivity index is 1.20. The summed E-state index contributed by atoms with van der Waals surface area (Å²) in [6.45, 7) is 14.9. The molecule has 5 rings (SSSR count). The van der Waals surface area contributed by atoms with Crippen LogP contribution in [0.2, 0.25) is 0 Å². The molecule has 6 nitrogen and oxygen atoms in total. The molecule has 46 heavy (non-hydrogen) atoms. The Kier molecular flexibility index (Phi) is 11.0. The fourth-order valence-corrected chi connectivity index (χ4v) is 6.45. The lowest BCUT2D eigenvalue weighted by molar-refractivity contribution is 0.219. The fraction of sp³-hybridized carbons (Fsp3) is 0.487. The number of likely N-dealkylation sites (tertiary alicyclic amines) is 1. The Hall–Kier alpha value is -3.89. The summed E-state index contributed by atoms with van der Waals surface area (Å²) in [6, 6.07) is 17.2. The zero-order valence-electron chi connectivity index (χ0n) is 28.1. The van der Waals surface area contributed by atoms with Crippen molar-refractivity contribution in [3.63, 3.8) is 0 Å². The zero-order chi connectivity index (χ0) is 32.7. The van der Waals surface area contributed by atoms with Crippen molar-refractivity contribution in [1.29, 1.82) is 5.26 Å². The summed E-state index contributed by atoms with van der Waals surface area (Å²) in [4.78, 5) is 19.6. The standard InChI is InChI=1S/C39H49FN6/c1-28(24-39(2,3)4)31-11-14-34(15-12-31)43-37(45(5)26-29-7-6-8-29)27-46-21-18-33(19-22-46)38-42-20-17-35(44-38)16-13-32-10-9-30(25-41)23-36(32)40/h9-12,14-15,17,20,23,29,33H,1,6-8,13,16,18-19,21-22,24,26-27H2,2-5H3. The normalized spacial score (nSPS) is 16.6. The van der Waals surface area contributed by atoms with Crippen molar-refractivity contribution in [1.82, 2.24) is 19.8 Å². The fourth-order valence-electron chi connectivity index (χ4n) is 6.45. The number of benzene rings is 2. The Bertz CT molecular complexity index is 1550. The average molecular weight is 621 g/mol. The molecule has 1 aromatic heterocycles. The summed E-state index contributed by atoms with van der Waals surface area (Å²) in [5.74, 6) is 2.76. The summed E-state index contributed by atoms with van der Waals surface area (Å²) in [5, 5.41) is 9.00. The van der Waals surface area contributed by atoms with E-state index in [1.165, 1.54) is 36.5 Å². The van der Waals surface area contributed by atoms with Crippen LogP contribution in [-0.2, 0) is 12.8 Å². The van der Waals surface area contributed by atoms with Gasteiger partial charge in [-0.15, -0.1) is 0 Å². The highest BCUT2D eigenvalue weighted by atomic mass is 19.1. The van der Waals surface area contributed by atoms with Crippen LogP contribution in [0.4, 0.5) is 10.1 Å². The number of nitrogens with zero attached hydrogens (tertiary/aromatic N) is 6. The van der Waals surface area contributed by atoms with Crippen LogP contribution in [0.15, 0.2) is 66.3 Å². The van der Waals surface area contributed by atoms with Crippen molar-refractivity contribution in [2.24, 2.45) is 16.3 Å². The number of hydrogen-bond acceptors (Lipinski definition) is 5. The van der Waals surface area contributed by atoms with Gasteiger partial charge in [0.05, 0.1) is 23.9 Å². The minimum absolute atomic E-state index is 0.210. The molecule has 0 bridgehead atoms. The number of aliphatic imine (C=N–C) groups is 1. The highest BCUT2D eigenvalue weighted by Crippen LogP contribution is 2.31.